The highest BCUT2D eigenvalue weighted by Crippen LogP contribution is 2.25. The van der Waals surface area contributed by atoms with Gasteiger partial charge in [-0.15, -0.1) is 0 Å². The van der Waals surface area contributed by atoms with Crippen molar-refractivity contribution in [2.45, 2.75) is 40.2 Å². The Bertz CT molecular complexity index is 457. The molecule has 1 atom stereocenters. The predicted octanol–water partition coefficient (Wildman–Crippen LogP) is 2.53. The minimum absolute atomic E-state index is 0.276. The molecule has 0 radical (unpaired) electrons. The molecular weight excluding hydrogens is 254 g/mol. The number of ether oxygens (including phenoxy) is 2. The highest BCUT2D eigenvalue weighted by Gasteiger charge is 2.20. The van der Waals surface area contributed by atoms with Crippen molar-refractivity contribution in [2.24, 2.45) is 0 Å². The first-order chi connectivity index (χ1) is 9.51. The first-order valence-electron chi connectivity index (χ1n) is 7.02. The second-order valence-electron chi connectivity index (χ2n) is 4.99. The lowest BCUT2D eigenvalue weighted by molar-refractivity contribution is -0.143. The van der Waals surface area contributed by atoms with Gasteiger partial charge in [-0.05, 0) is 50.4 Å². The van der Waals surface area contributed by atoms with Crippen LogP contribution in [0.3, 0.4) is 0 Å². The van der Waals surface area contributed by atoms with Crippen molar-refractivity contribution in [2.75, 3.05) is 20.3 Å². The molecule has 112 valence electrons. The van der Waals surface area contributed by atoms with Gasteiger partial charge < -0.3 is 14.8 Å². The summed E-state index contributed by atoms with van der Waals surface area (Å²) < 4.78 is 10.7. The summed E-state index contributed by atoms with van der Waals surface area (Å²) in [4.78, 5) is 11.7. The van der Waals surface area contributed by atoms with Gasteiger partial charge in [0.15, 0.2) is 0 Å². The molecule has 0 bridgehead atoms. The second-order valence-corrected chi connectivity index (χ2v) is 4.99. The Kier molecular flexibility index (Phi) is 6.52. The second kappa shape index (κ2) is 7.90. The van der Waals surface area contributed by atoms with E-state index in [4.69, 9.17) is 9.47 Å². The van der Waals surface area contributed by atoms with Crippen molar-refractivity contribution in [3.05, 3.63) is 28.8 Å². The third kappa shape index (κ3) is 4.23. The molecule has 0 saturated heterocycles. The van der Waals surface area contributed by atoms with Gasteiger partial charge in [0.25, 0.3) is 0 Å². The van der Waals surface area contributed by atoms with Gasteiger partial charge in [0.1, 0.15) is 18.4 Å². The third-order valence-electron chi connectivity index (χ3n) is 3.39. The minimum atomic E-state index is -0.431. The summed E-state index contributed by atoms with van der Waals surface area (Å²) in [7, 11) is 1.39. The van der Waals surface area contributed by atoms with Gasteiger partial charge in [-0.2, -0.15) is 0 Å². The van der Waals surface area contributed by atoms with E-state index >= 15 is 0 Å². The fourth-order valence-electron chi connectivity index (χ4n) is 1.99. The van der Waals surface area contributed by atoms with Crippen molar-refractivity contribution < 1.29 is 14.3 Å². The molecule has 0 amide bonds. The first-order valence-corrected chi connectivity index (χ1v) is 7.02. The molecule has 4 nitrogen and oxygen atoms in total. The van der Waals surface area contributed by atoms with Crippen LogP contribution < -0.4 is 10.1 Å². The quantitative estimate of drug-likeness (QED) is 0.779. The maximum atomic E-state index is 11.7. The SMILES string of the molecule is CCCNC(COc1c(C)ccc(C)c1C)C(=O)OC. The summed E-state index contributed by atoms with van der Waals surface area (Å²) in [6.45, 7) is 9.18. The van der Waals surface area contributed by atoms with Crippen LogP contribution in [-0.2, 0) is 9.53 Å². The Morgan fingerprint density at radius 3 is 2.50 bits per heavy atom. The van der Waals surface area contributed by atoms with Crippen molar-refractivity contribution in [1.82, 2.24) is 5.32 Å². The van der Waals surface area contributed by atoms with Crippen LogP contribution >= 0.6 is 0 Å². The largest absolute Gasteiger partial charge is 0.491 e. The minimum Gasteiger partial charge on any atom is -0.491 e. The summed E-state index contributed by atoms with van der Waals surface area (Å²) in [5, 5.41) is 3.14. The molecule has 0 heterocycles. The number of hydrogen-bond donors (Lipinski definition) is 1. The maximum Gasteiger partial charge on any atom is 0.326 e. The molecule has 0 saturated carbocycles. The average molecular weight is 279 g/mol. The highest BCUT2D eigenvalue weighted by atomic mass is 16.5. The van der Waals surface area contributed by atoms with Crippen LogP contribution in [0.4, 0.5) is 0 Å². The fourth-order valence-corrected chi connectivity index (χ4v) is 1.99. The van der Waals surface area contributed by atoms with E-state index < -0.39 is 6.04 Å². The van der Waals surface area contributed by atoms with Crippen LogP contribution in [0.25, 0.3) is 0 Å². The third-order valence-corrected chi connectivity index (χ3v) is 3.39. The molecule has 0 aromatic heterocycles. The zero-order chi connectivity index (χ0) is 15.1. The molecule has 0 aliphatic rings. The van der Waals surface area contributed by atoms with Crippen LogP contribution in [0.15, 0.2) is 12.1 Å². The van der Waals surface area contributed by atoms with Crippen molar-refractivity contribution in [3.8, 4) is 5.75 Å². The van der Waals surface area contributed by atoms with E-state index in [0.29, 0.717) is 0 Å². The normalized spacial score (nSPS) is 12.1. The van der Waals surface area contributed by atoms with Crippen LogP contribution in [-0.4, -0.2) is 32.3 Å². The number of carbonyl (C=O) groups excluding carboxylic acids is 1. The van der Waals surface area contributed by atoms with Gasteiger partial charge in [-0.3, -0.25) is 4.79 Å². The molecule has 0 fully saturated rings. The Morgan fingerprint density at radius 2 is 1.90 bits per heavy atom. The topological polar surface area (TPSA) is 47.6 Å². The summed E-state index contributed by atoms with van der Waals surface area (Å²) in [5.74, 6) is 0.568. The van der Waals surface area contributed by atoms with Gasteiger partial charge in [-0.25, -0.2) is 0 Å². The molecule has 0 aliphatic heterocycles. The number of hydrogen-bond acceptors (Lipinski definition) is 4. The number of methoxy groups -OCH3 is 1. The molecular formula is C16H25NO3. The Morgan fingerprint density at radius 1 is 1.25 bits per heavy atom. The summed E-state index contributed by atoms with van der Waals surface area (Å²) in [5.41, 5.74) is 3.37. The van der Waals surface area contributed by atoms with Crippen molar-refractivity contribution >= 4 is 5.97 Å². The summed E-state index contributed by atoms with van der Waals surface area (Å²) >= 11 is 0. The molecule has 0 spiro atoms. The molecule has 4 heteroatoms. The van der Waals surface area contributed by atoms with Crippen LogP contribution in [0.5, 0.6) is 5.75 Å². The fraction of sp³-hybridized carbons (Fsp3) is 0.562. The smallest absolute Gasteiger partial charge is 0.326 e. The molecule has 1 unspecified atom stereocenters. The van der Waals surface area contributed by atoms with Gasteiger partial charge in [0, 0.05) is 0 Å². The zero-order valence-electron chi connectivity index (χ0n) is 13.1. The molecule has 1 rings (SSSR count). The van der Waals surface area contributed by atoms with E-state index in [1.54, 1.807) is 0 Å². The van der Waals surface area contributed by atoms with Crippen molar-refractivity contribution in [1.29, 1.82) is 0 Å². The van der Waals surface area contributed by atoms with Crippen LogP contribution in [0.2, 0.25) is 0 Å². The lowest BCUT2D eigenvalue weighted by atomic mass is 10.1. The molecule has 20 heavy (non-hydrogen) atoms. The van der Waals surface area contributed by atoms with E-state index in [9.17, 15) is 4.79 Å². The molecule has 1 aromatic carbocycles. The van der Waals surface area contributed by atoms with E-state index in [-0.39, 0.29) is 12.6 Å². The molecule has 1 N–H and O–H groups in total. The van der Waals surface area contributed by atoms with Gasteiger partial charge in [-0.1, -0.05) is 19.1 Å². The number of carbonyl (C=O) groups is 1. The number of nitrogens with one attached hydrogen (secondary N) is 1. The predicted molar refractivity (Wildman–Crippen MR) is 80.2 cm³/mol. The van der Waals surface area contributed by atoms with E-state index in [0.717, 1.165) is 29.8 Å². The number of rotatable bonds is 7. The monoisotopic (exact) mass is 279 g/mol. The molecule has 0 aliphatic carbocycles. The average Bonchev–Trinajstić information content (AvgIpc) is 2.45. The van der Waals surface area contributed by atoms with Gasteiger partial charge in [0.2, 0.25) is 0 Å². The van der Waals surface area contributed by atoms with E-state index in [1.807, 2.05) is 19.9 Å². The molecule has 1 aromatic rings. The summed E-state index contributed by atoms with van der Waals surface area (Å²) in [6, 6.07) is 3.67. The Balaban J connectivity index is 2.77. The Hall–Kier alpha value is -1.55. The number of esters is 1. The van der Waals surface area contributed by atoms with Gasteiger partial charge in [0.05, 0.1) is 7.11 Å². The Labute approximate surface area is 121 Å². The maximum absolute atomic E-state index is 11.7. The van der Waals surface area contributed by atoms with Crippen molar-refractivity contribution in [3.63, 3.8) is 0 Å². The van der Waals surface area contributed by atoms with Crippen LogP contribution in [0.1, 0.15) is 30.0 Å². The lowest BCUT2D eigenvalue weighted by Gasteiger charge is -2.19. The van der Waals surface area contributed by atoms with Gasteiger partial charge >= 0.3 is 5.97 Å². The standard InChI is InChI=1S/C16H25NO3/c1-6-9-17-14(16(18)19-5)10-20-15-12(3)8-7-11(2)13(15)4/h7-8,14,17H,6,9-10H2,1-5H3. The number of aryl methyl sites for hydroxylation is 2. The van der Waals surface area contributed by atoms with E-state index in [2.05, 4.69) is 25.2 Å². The zero-order valence-corrected chi connectivity index (χ0v) is 13.1. The first kappa shape index (κ1) is 16.5. The van der Waals surface area contributed by atoms with Crippen LogP contribution in [0, 0.1) is 20.8 Å². The lowest BCUT2D eigenvalue weighted by Crippen LogP contribution is -2.42. The summed E-state index contributed by atoms with van der Waals surface area (Å²) in [6.07, 6.45) is 0.954. The highest BCUT2D eigenvalue weighted by molar-refractivity contribution is 5.75. The van der Waals surface area contributed by atoms with E-state index in [1.165, 1.54) is 12.7 Å². The number of benzene rings is 1.